The lowest BCUT2D eigenvalue weighted by Crippen LogP contribution is -2.27. The third-order valence-corrected chi connectivity index (χ3v) is 7.92. The molecule has 37 heavy (non-hydrogen) atoms. The summed E-state index contributed by atoms with van der Waals surface area (Å²) in [6, 6.07) is 16.1. The summed E-state index contributed by atoms with van der Waals surface area (Å²) in [4.78, 5) is 22.0. The van der Waals surface area contributed by atoms with Gasteiger partial charge in [-0.3, -0.25) is 9.52 Å². The minimum absolute atomic E-state index is 0.0910. The van der Waals surface area contributed by atoms with Gasteiger partial charge in [0.15, 0.2) is 5.03 Å². The molecule has 0 fully saturated rings. The second kappa shape index (κ2) is 12.4. The molecular formula is C27H31ClN4O4S. The predicted molar refractivity (Wildman–Crippen MR) is 146 cm³/mol. The van der Waals surface area contributed by atoms with Crippen LogP contribution in [0.5, 0.6) is 0 Å². The van der Waals surface area contributed by atoms with Gasteiger partial charge in [-0.2, -0.15) is 8.42 Å². The number of sulfonamides is 1. The lowest BCUT2D eigenvalue weighted by Gasteiger charge is -2.24. The number of halogens is 1. The standard InChI is InChI=1S/C27H31ClN4O4S/c28-22-16-17-23-29-27(22)21-12-6-5-11-20(21)10-3-1-7-18-32(19-8-2-4-15-26(33)34)24-13-9-14-25(30-24)37(35,36)31-23/h5-6,9,11-14,16-17H,1-4,7-8,10,15,18-19H2,(H,29,31)(H,33,34). The topological polar surface area (TPSA) is 112 Å². The maximum Gasteiger partial charge on any atom is 0.303 e. The summed E-state index contributed by atoms with van der Waals surface area (Å²) in [5.41, 5.74) is 2.55. The third kappa shape index (κ3) is 7.20. The van der Waals surface area contributed by atoms with Gasteiger partial charge in [-0.25, -0.2) is 9.97 Å². The number of aryl methyl sites for hydroxylation is 1. The zero-order chi connectivity index (χ0) is 26.3. The summed E-state index contributed by atoms with van der Waals surface area (Å²) in [7, 11) is -4.00. The number of rotatable bonds is 6. The van der Waals surface area contributed by atoms with E-state index in [-0.39, 0.29) is 17.3 Å². The molecular weight excluding hydrogens is 512 g/mol. The van der Waals surface area contributed by atoms with Crippen molar-refractivity contribution in [1.29, 1.82) is 0 Å². The summed E-state index contributed by atoms with van der Waals surface area (Å²) in [6.07, 6.45) is 6.10. The number of aliphatic carboxylic acids is 1. The maximum atomic E-state index is 13.2. The van der Waals surface area contributed by atoms with Crippen LogP contribution in [-0.4, -0.2) is 42.6 Å². The Labute approximate surface area is 222 Å². The largest absolute Gasteiger partial charge is 0.481 e. The van der Waals surface area contributed by atoms with E-state index in [2.05, 4.69) is 25.7 Å². The van der Waals surface area contributed by atoms with Crippen molar-refractivity contribution in [3.8, 4) is 11.3 Å². The van der Waals surface area contributed by atoms with Crippen molar-refractivity contribution in [2.45, 2.75) is 56.4 Å². The number of hydrogen-bond acceptors (Lipinski definition) is 6. The van der Waals surface area contributed by atoms with Gasteiger partial charge in [-0.15, -0.1) is 0 Å². The quantitative estimate of drug-likeness (QED) is 0.380. The van der Waals surface area contributed by atoms with Crippen LogP contribution in [0.25, 0.3) is 11.3 Å². The first kappa shape index (κ1) is 26.9. The average molecular weight is 543 g/mol. The zero-order valence-corrected chi connectivity index (χ0v) is 22.1. The number of fused-ring (bicyclic) bond motifs is 6. The first-order valence-electron chi connectivity index (χ1n) is 12.5. The third-order valence-electron chi connectivity index (χ3n) is 6.36. The molecule has 10 heteroatoms. The molecule has 3 aromatic rings. The van der Waals surface area contributed by atoms with Crippen LogP contribution >= 0.6 is 11.6 Å². The van der Waals surface area contributed by atoms with Gasteiger partial charge in [0.1, 0.15) is 11.6 Å². The Bertz CT molecular complexity index is 1350. The molecule has 1 aliphatic rings. The molecule has 0 spiro atoms. The van der Waals surface area contributed by atoms with E-state index in [1.54, 1.807) is 18.2 Å². The van der Waals surface area contributed by atoms with Crippen molar-refractivity contribution in [2.24, 2.45) is 0 Å². The van der Waals surface area contributed by atoms with Gasteiger partial charge in [-0.05, 0) is 61.9 Å². The molecule has 2 aromatic heterocycles. The summed E-state index contributed by atoms with van der Waals surface area (Å²) < 4.78 is 29.0. The number of benzene rings is 1. The smallest absolute Gasteiger partial charge is 0.303 e. The Hall–Kier alpha value is -3.17. The van der Waals surface area contributed by atoms with Crippen LogP contribution in [0.1, 0.15) is 50.5 Å². The second-order valence-electron chi connectivity index (χ2n) is 9.13. The number of pyridine rings is 2. The van der Waals surface area contributed by atoms with Crippen molar-refractivity contribution in [3.05, 3.63) is 65.2 Å². The second-order valence-corrected chi connectivity index (χ2v) is 11.2. The van der Waals surface area contributed by atoms with Gasteiger partial charge in [0.05, 0.1) is 10.7 Å². The van der Waals surface area contributed by atoms with Gasteiger partial charge in [-0.1, -0.05) is 54.8 Å². The van der Waals surface area contributed by atoms with E-state index in [1.807, 2.05) is 24.3 Å². The molecule has 0 amide bonds. The minimum Gasteiger partial charge on any atom is -0.481 e. The summed E-state index contributed by atoms with van der Waals surface area (Å²) >= 11 is 6.49. The van der Waals surface area contributed by atoms with Gasteiger partial charge in [0.2, 0.25) is 0 Å². The Morgan fingerprint density at radius 3 is 2.65 bits per heavy atom. The molecule has 8 nitrogen and oxygen atoms in total. The highest BCUT2D eigenvalue weighted by atomic mass is 35.5. The van der Waals surface area contributed by atoms with Gasteiger partial charge in [0, 0.05) is 25.1 Å². The van der Waals surface area contributed by atoms with E-state index < -0.39 is 16.0 Å². The highest BCUT2D eigenvalue weighted by Gasteiger charge is 2.20. The summed E-state index contributed by atoms with van der Waals surface area (Å²) in [5.74, 6) is -0.0342. The monoisotopic (exact) mass is 542 g/mol. The number of aromatic nitrogens is 2. The Morgan fingerprint density at radius 1 is 0.973 bits per heavy atom. The zero-order valence-electron chi connectivity index (χ0n) is 20.6. The van der Waals surface area contributed by atoms with E-state index >= 15 is 0 Å². The van der Waals surface area contributed by atoms with E-state index in [1.165, 1.54) is 6.07 Å². The number of nitrogens with one attached hydrogen (secondary N) is 1. The minimum atomic E-state index is -4.00. The fraction of sp³-hybridized carbons (Fsp3) is 0.370. The fourth-order valence-electron chi connectivity index (χ4n) is 4.47. The SMILES string of the molecule is O=C(O)CCCCCN1CCCCCc2ccccc2-c2nc(ccc2Cl)NS(=O)(=O)c2cccc1n2. The van der Waals surface area contributed by atoms with Gasteiger partial charge >= 0.3 is 5.97 Å². The fourth-order valence-corrected chi connectivity index (χ4v) is 5.64. The lowest BCUT2D eigenvalue weighted by molar-refractivity contribution is -0.137. The van der Waals surface area contributed by atoms with Crippen LogP contribution in [0.3, 0.4) is 0 Å². The highest BCUT2D eigenvalue weighted by Crippen LogP contribution is 2.32. The molecule has 0 radical (unpaired) electrons. The molecule has 2 N–H and O–H groups in total. The molecule has 0 atom stereocenters. The number of hydrogen-bond donors (Lipinski definition) is 2. The molecule has 4 rings (SSSR count). The van der Waals surface area contributed by atoms with Crippen molar-refractivity contribution >= 4 is 39.2 Å². The molecule has 0 aliphatic carbocycles. The van der Waals surface area contributed by atoms with E-state index in [9.17, 15) is 13.2 Å². The van der Waals surface area contributed by atoms with E-state index in [0.717, 1.165) is 56.2 Å². The van der Waals surface area contributed by atoms with Gasteiger partial charge < -0.3 is 10.0 Å². The number of carbonyl (C=O) groups is 1. The molecule has 0 unspecified atom stereocenters. The van der Waals surface area contributed by atoms with Crippen LogP contribution in [0.15, 0.2) is 59.6 Å². The number of unbranched alkanes of at least 4 members (excludes halogenated alkanes) is 2. The van der Waals surface area contributed by atoms with E-state index in [0.29, 0.717) is 29.5 Å². The van der Waals surface area contributed by atoms with Gasteiger partial charge in [0.25, 0.3) is 10.0 Å². The first-order chi connectivity index (χ1) is 17.8. The number of anilines is 2. The summed E-state index contributed by atoms with van der Waals surface area (Å²) in [5, 5.41) is 9.25. The number of nitrogens with zero attached hydrogens (tertiary/aromatic N) is 3. The molecule has 0 saturated carbocycles. The molecule has 1 aliphatic heterocycles. The predicted octanol–water partition coefficient (Wildman–Crippen LogP) is 5.78. The van der Waals surface area contributed by atoms with E-state index in [4.69, 9.17) is 16.7 Å². The van der Waals surface area contributed by atoms with Crippen LogP contribution in [0.4, 0.5) is 11.6 Å². The highest BCUT2D eigenvalue weighted by molar-refractivity contribution is 7.92. The van der Waals surface area contributed by atoms with Crippen LogP contribution in [-0.2, 0) is 21.2 Å². The maximum absolute atomic E-state index is 13.2. The van der Waals surface area contributed by atoms with Crippen LogP contribution in [0.2, 0.25) is 5.02 Å². The normalized spacial score (nSPS) is 15.4. The Kier molecular flexibility index (Phi) is 9.00. The first-order valence-corrected chi connectivity index (χ1v) is 14.4. The number of carboxylic acids is 1. The molecule has 0 saturated heterocycles. The molecule has 196 valence electrons. The Morgan fingerprint density at radius 2 is 1.81 bits per heavy atom. The summed E-state index contributed by atoms with van der Waals surface area (Å²) in [6.45, 7) is 1.41. The number of carboxylic acid groups (broad SMARTS) is 1. The Balaban J connectivity index is 1.65. The van der Waals surface area contributed by atoms with Crippen LogP contribution < -0.4 is 9.62 Å². The van der Waals surface area contributed by atoms with Crippen molar-refractivity contribution in [3.63, 3.8) is 0 Å². The molecule has 4 bridgehead atoms. The van der Waals surface area contributed by atoms with Crippen molar-refractivity contribution < 1.29 is 18.3 Å². The molecule has 1 aromatic carbocycles. The average Bonchev–Trinajstić information content (AvgIpc) is 2.88. The van der Waals surface area contributed by atoms with Crippen LogP contribution in [0, 0.1) is 0 Å². The molecule has 3 heterocycles. The van der Waals surface area contributed by atoms with Crippen molar-refractivity contribution in [1.82, 2.24) is 9.97 Å². The van der Waals surface area contributed by atoms with Crippen molar-refractivity contribution in [2.75, 3.05) is 22.7 Å². The lowest BCUT2D eigenvalue weighted by atomic mass is 9.98.